The van der Waals surface area contributed by atoms with Gasteiger partial charge in [-0.25, -0.2) is 4.68 Å². The van der Waals surface area contributed by atoms with Crippen molar-refractivity contribution in [3.05, 3.63) is 82.6 Å². The van der Waals surface area contributed by atoms with Crippen LogP contribution < -0.4 is 5.32 Å². The Morgan fingerprint density at radius 3 is 2.61 bits per heavy atom. The van der Waals surface area contributed by atoms with Crippen molar-refractivity contribution in [1.82, 2.24) is 15.1 Å². The topological polar surface area (TPSA) is 46.9 Å². The number of halogens is 1. The Labute approximate surface area is 139 Å². The smallest absolute Gasteiger partial charge is 0.251 e. The van der Waals surface area contributed by atoms with E-state index in [1.165, 1.54) is 0 Å². The predicted molar refractivity (Wildman–Crippen MR) is 90.9 cm³/mol. The zero-order chi connectivity index (χ0) is 16.2. The first-order valence-corrected chi connectivity index (χ1v) is 7.65. The Bertz CT molecular complexity index is 824. The van der Waals surface area contributed by atoms with Crippen LogP contribution >= 0.6 is 11.6 Å². The van der Waals surface area contributed by atoms with Gasteiger partial charge in [0.25, 0.3) is 5.91 Å². The zero-order valence-electron chi connectivity index (χ0n) is 12.7. The molecule has 0 radical (unpaired) electrons. The molecular weight excluding hydrogens is 310 g/mol. The van der Waals surface area contributed by atoms with E-state index in [9.17, 15) is 4.79 Å². The van der Waals surface area contributed by atoms with Crippen LogP contribution in [0.25, 0.3) is 5.69 Å². The molecule has 116 valence electrons. The van der Waals surface area contributed by atoms with Crippen molar-refractivity contribution >= 4 is 17.5 Å². The molecule has 0 atom stereocenters. The molecule has 0 aliphatic heterocycles. The summed E-state index contributed by atoms with van der Waals surface area (Å²) in [6.45, 7) is 2.43. The predicted octanol–water partition coefficient (Wildman–Crippen LogP) is 3.76. The maximum absolute atomic E-state index is 12.2. The standard InChI is InChI=1S/C18H16ClN3O/c1-13-9-10-21-22(13)17-7-5-15(6-8-17)18(23)20-12-14-3-2-4-16(19)11-14/h2-11H,12H2,1H3,(H,20,23). The van der Waals surface area contributed by atoms with Crippen molar-refractivity contribution in [3.63, 3.8) is 0 Å². The quantitative estimate of drug-likeness (QED) is 0.793. The molecule has 23 heavy (non-hydrogen) atoms. The molecule has 0 spiro atoms. The second-order valence-corrected chi connectivity index (χ2v) is 5.68. The van der Waals surface area contributed by atoms with Gasteiger partial charge in [-0.2, -0.15) is 5.10 Å². The lowest BCUT2D eigenvalue weighted by molar-refractivity contribution is 0.0951. The van der Waals surface area contributed by atoms with Gasteiger partial charge in [-0.3, -0.25) is 4.79 Å². The fourth-order valence-electron chi connectivity index (χ4n) is 2.33. The lowest BCUT2D eigenvalue weighted by Crippen LogP contribution is -2.22. The highest BCUT2D eigenvalue weighted by molar-refractivity contribution is 6.30. The normalized spacial score (nSPS) is 10.5. The lowest BCUT2D eigenvalue weighted by Gasteiger charge is -2.08. The highest BCUT2D eigenvalue weighted by atomic mass is 35.5. The number of carbonyl (C=O) groups excluding carboxylic acids is 1. The first-order valence-electron chi connectivity index (χ1n) is 7.27. The summed E-state index contributed by atoms with van der Waals surface area (Å²) < 4.78 is 1.83. The van der Waals surface area contributed by atoms with Crippen LogP contribution in [0.1, 0.15) is 21.6 Å². The molecule has 3 aromatic rings. The molecule has 1 amide bonds. The molecule has 5 heteroatoms. The SMILES string of the molecule is Cc1ccnn1-c1ccc(C(=O)NCc2cccc(Cl)c2)cc1. The molecule has 1 aromatic heterocycles. The third-order valence-electron chi connectivity index (χ3n) is 3.55. The Morgan fingerprint density at radius 1 is 1.17 bits per heavy atom. The number of rotatable bonds is 4. The Balaban J connectivity index is 1.67. The van der Waals surface area contributed by atoms with Gasteiger partial charge < -0.3 is 5.32 Å². The van der Waals surface area contributed by atoms with Crippen LogP contribution in [0.5, 0.6) is 0 Å². The molecule has 4 nitrogen and oxygen atoms in total. The average Bonchev–Trinajstić information content (AvgIpc) is 2.99. The van der Waals surface area contributed by atoms with Crippen molar-refractivity contribution < 1.29 is 4.79 Å². The molecule has 0 aliphatic carbocycles. The second-order valence-electron chi connectivity index (χ2n) is 5.24. The summed E-state index contributed by atoms with van der Waals surface area (Å²) in [6, 6.07) is 16.7. The lowest BCUT2D eigenvalue weighted by atomic mass is 10.1. The van der Waals surface area contributed by atoms with Gasteiger partial charge in [0.2, 0.25) is 0 Å². The Hall–Kier alpha value is -2.59. The molecule has 0 bridgehead atoms. The van der Waals surface area contributed by atoms with Gasteiger partial charge in [0, 0.05) is 29.0 Å². The number of hydrogen-bond acceptors (Lipinski definition) is 2. The van der Waals surface area contributed by atoms with Gasteiger partial charge in [0.05, 0.1) is 5.69 Å². The minimum atomic E-state index is -0.117. The van der Waals surface area contributed by atoms with Crippen LogP contribution in [-0.2, 0) is 6.54 Å². The van der Waals surface area contributed by atoms with E-state index in [4.69, 9.17) is 11.6 Å². The summed E-state index contributed by atoms with van der Waals surface area (Å²) in [4.78, 5) is 12.2. The summed E-state index contributed by atoms with van der Waals surface area (Å²) in [5.74, 6) is -0.117. The molecule has 0 saturated heterocycles. The van der Waals surface area contributed by atoms with E-state index in [0.717, 1.165) is 16.9 Å². The number of hydrogen-bond donors (Lipinski definition) is 1. The van der Waals surface area contributed by atoms with Crippen molar-refractivity contribution in [2.45, 2.75) is 13.5 Å². The van der Waals surface area contributed by atoms with E-state index in [2.05, 4.69) is 10.4 Å². The maximum atomic E-state index is 12.2. The van der Waals surface area contributed by atoms with Gasteiger partial charge in [-0.15, -0.1) is 0 Å². The summed E-state index contributed by atoms with van der Waals surface area (Å²) in [5.41, 5.74) is 3.55. The minimum absolute atomic E-state index is 0.117. The van der Waals surface area contributed by atoms with Gasteiger partial charge in [-0.05, 0) is 55.0 Å². The van der Waals surface area contributed by atoms with E-state index in [0.29, 0.717) is 17.1 Å². The van der Waals surface area contributed by atoms with Crippen LogP contribution in [0.4, 0.5) is 0 Å². The highest BCUT2D eigenvalue weighted by Gasteiger charge is 2.07. The van der Waals surface area contributed by atoms with Crippen LogP contribution in [0.3, 0.4) is 0 Å². The van der Waals surface area contributed by atoms with E-state index in [-0.39, 0.29) is 5.91 Å². The minimum Gasteiger partial charge on any atom is -0.348 e. The van der Waals surface area contributed by atoms with Crippen molar-refractivity contribution in [2.24, 2.45) is 0 Å². The number of carbonyl (C=O) groups is 1. The van der Waals surface area contributed by atoms with Crippen molar-refractivity contribution in [3.8, 4) is 5.69 Å². The van der Waals surface area contributed by atoms with Crippen molar-refractivity contribution in [2.75, 3.05) is 0 Å². The fraction of sp³-hybridized carbons (Fsp3) is 0.111. The second kappa shape index (κ2) is 6.67. The zero-order valence-corrected chi connectivity index (χ0v) is 13.4. The third-order valence-corrected chi connectivity index (χ3v) is 3.78. The molecule has 0 unspecified atom stereocenters. The third kappa shape index (κ3) is 3.60. The van der Waals surface area contributed by atoms with Gasteiger partial charge in [0.1, 0.15) is 0 Å². The number of nitrogens with zero attached hydrogens (tertiary/aromatic N) is 2. The molecule has 0 aliphatic rings. The average molecular weight is 326 g/mol. The van der Waals surface area contributed by atoms with Gasteiger partial charge in [-0.1, -0.05) is 23.7 Å². The van der Waals surface area contributed by atoms with Gasteiger partial charge >= 0.3 is 0 Å². The highest BCUT2D eigenvalue weighted by Crippen LogP contribution is 2.13. The molecule has 1 heterocycles. The van der Waals surface area contributed by atoms with Crippen LogP contribution in [0.2, 0.25) is 5.02 Å². The summed E-state index contributed by atoms with van der Waals surface area (Å²) >= 11 is 5.94. The van der Waals surface area contributed by atoms with Crippen LogP contribution in [-0.4, -0.2) is 15.7 Å². The summed E-state index contributed by atoms with van der Waals surface area (Å²) in [7, 11) is 0. The van der Waals surface area contributed by atoms with E-state index >= 15 is 0 Å². The van der Waals surface area contributed by atoms with Crippen LogP contribution in [0.15, 0.2) is 60.8 Å². The molecule has 0 fully saturated rings. The summed E-state index contributed by atoms with van der Waals surface area (Å²) in [6.07, 6.45) is 1.75. The number of aromatic nitrogens is 2. The molecule has 3 rings (SSSR count). The number of aryl methyl sites for hydroxylation is 1. The van der Waals surface area contributed by atoms with Crippen molar-refractivity contribution in [1.29, 1.82) is 0 Å². The van der Waals surface area contributed by atoms with Gasteiger partial charge in [0.15, 0.2) is 0 Å². The molecule has 1 N–H and O–H groups in total. The molecular formula is C18H16ClN3O. The Kier molecular flexibility index (Phi) is 4.44. The van der Waals surface area contributed by atoms with E-state index in [1.54, 1.807) is 18.3 Å². The maximum Gasteiger partial charge on any atom is 0.251 e. The summed E-state index contributed by atoms with van der Waals surface area (Å²) in [5, 5.41) is 7.80. The van der Waals surface area contributed by atoms with E-state index in [1.807, 2.05) is 54.1 Å². The molecule has 2 aromatic carbocycles. The number of amides is 1. The largest absolute Gasteiger partial charge is 0.348 e. The Morgan fingerprint density at radius 2 is 1.96 bits per heavy atom. The van der Waals surface area contributed by atoms with E-state index < -0.39 is 0 Å². The fourth-order valence-corrected chi connectivity index (χ4v) is 2.54. The monoisotopic (exact) mass is 325 g/mol. The first kappa shape index (κ1) is 15.3. The van der Waals surface area contributed by atoms with Crippen LogP contribution in [0, 0.1) is 6.92 Å². The number of benzene rings is 2. The molecule has 0 saturated carbocycles. The first-order chi connectivity index (χ1) is 11.1. The number of nitrogens with one attached hydrogen (secondary N) is 1.